The molecule has 3 heteroatoms. The molecule has 96 valence electrons. The van der Waals surface area contributed by atoms with E-state index in [1.54, 1.807) is 6.26 Å². The number of hydrogen-bond acceptors (Lipinski definition) is 3. The second-order valence-corrected chi connectivity index (χ2v) is 4.59. The van der Waals surface area contributed by atoms with Gasteiger partial charge in [-0.2, -0.15) is 0 Å². The maximum Gasteiger partial charge on any atom is 0.122 e. The molecule has 1 N–H and O–H groups in total. The lowest BCUT2D eigenvalue weighted by molar-refractivity contribution is 0.490. The molecule has 1 aromatic carbocycles. The van der Waals surface area contributed by atoms with Crippen molar-refractivity contribution in [3.8, 4) is 0 Å². The molecule has 0 amide bonds. The summed E-state index contributed by atoms with van der Waals surface area (Å²) in [6, 6.07) is 10.6. The summed E-state index contributed by atoms with van der Waals surface area (Å²) in [4.78, 5) is 2.23. The van der Waals surface area contributed by atoms with Gasteiger partial charge in [0.05, 0.1) is 12.8 Å². The Balaban J connectivity index is 2.08. The molecular weight excluding hydrogens is 224 g/mol. The van der Waals surface area contributed by atoms with Crippen LogP contribution in [0, 0.1) is 6.92 Å². The largest absolute Gasteiger partial charge is 0.468 e. The highest BCUT2D eigenvalue weighted by molar-refractivity contribution is 5.47. The Bertz CT molecular complexity index is 487. The van der Waals surface area contributed by atoms with Crippen LogP contribution in [0.25, 0.3) is 0 Å². The number of nitrogens with zero attached hydrogens (tertiary/aromatic N) is 1. The minimum atomic E-state index is 0.768. The summed E-state index contributed by atoms with van der Waals surface area (Å²) in [5.41, 5.74) is 3.73. The van der Waals surface area contributed by atoms with E-state index in [1.807, 2.05) is 13.1 Å². The predicted molar refractivity (Wildman–Crippen MR) is 74.8 cm³/mol. The highest BCUT2D eigenvalue weighted by Crippen LogP contribution is 2.18. The van der Waals surface area contributed by atoms with Crippen LogP contribution in [0.3, 0.4) is 0 Å². The van der Waals surface area contributed by atoms with Crippen molar-refractivity contribution < 1.29 is 4.42 Å². The first-order valence-corrected chi connectivity index (χ1v) is 6.18. The number of hydrogen-bond donors (Lipinski definition) is 1. The van der Waals surface area contributed by atoms with E-state index in [4.69, 9.17) is 4.42 Å². The second kappa shape index (κ2) is 5.74. The lowest BCUT2D eigenvalue weighted by Crippen LogP contribution is -2.17. The minimum Gasteiger partial charge on any atom is -0.468 e. The van der Waals surface area contributed by atoms with Crippen LogP contribution >= 0.6 is 0 Å². The molecule has 1 aromatic heterocycles. The third-order valence-corrected chi connectivity index (χ3v) is 3.06. The molecule has 1 heterocycles. The van der Waals surface area contributed by atoms with Crippen molar-refractivity contribution in [3.05, 3.63) is 53.5 Å². The maximum atomic E-state index is 5.47. The van der Waals surface area contributed by atoms with E-state index in [1.165, 1.54) is 16.8 Å². The first kappa shape index (κ1) is 12.7. The van der Waals surface area contributed by atoms with E-state index < -0.39 is 0 Å². The molecule has 0 radical (unpaired) electrons. The molecular formula is C15H20N2O. The van der Waals surface area contributed by atoms with Gasteiger partial charge in [-0.15, -0.1) is 0 Å². The first-order chi connectivity index (χ1) is 8.70. The molecule has 0 unspecified atom stereocenters. The minimum absolute atomic E-state index is 0.768. The molecule has 3 nitrogen and oxygen atoms in total. The molecule has 0 bridgehead atoms. The van der Waals surface area contributed by atoms with Gasteiger partial charge in [-0.25, -0.2) is 0 Å². The quantitative estimate of drug-likeness (QED) is 0.876. The summed E-state index contributed by atoms with van der Waals surface area (Å²) in [6.07, 6.45) is 1.75. The lowest BCUT2D eigenvalue weighted by Gasteiger charge is -2.19. The van der Waals surface area contributed by atoms with E-state index >= 15 is 0 Å². The van der Waals surface area contributed by atoms with Crippen molar-refractivity contribution in [1.82, 2.24) is 5.32 Å². The Kier molecular flexibility index (Phi) is 4.05. The zero-order valence-corrected chi connectivity index (χ0v) is 11.2. The lowest BCUT2D eigenvalue weighted by atomic mass is 10.2. The van der Waals surface area contributed by atoms with E-state index in [2.05, 4.69) is 48.5 Å². The van der Waals surface area contributed by atoms with Crippen molar-refractivity contribution >= 4 is 5.69 Å². The fourth-order valence-corrected chi connectivity index (χ4v) is 1.97. The Labute approximate surface area is 108 Å². The van der Waals surface area contributed by atoms with Crippen LogP contribution in [-0.4, -0.2) is 14.1 Å². The molecule has 2 rings (SSSR count). The van der Waals surface area contributed by atoms with Crippen LogP contribution < -0.4 is 10.2 Å². The van der Waals surface area contributed by atoms with Crippen LogP contribution in [0.2, 0.25) is 0 Å². The number of rotatable bonds is 5. The van der Waals surface area contributed by atoms with Gasteiger partial charge in [0, 0.05) is 24.8 Å². The smallest absolute Gasteiger partial charge is 0.122 e. The molecule has 0 aliphatic rings. The van der Waals surface area contributed by atoms with Crippen molar-refractivity contribution in [2.75, 3.05) is 19.0 Å². The van der Waals surface area contributed by atoms with E-state index in [-0.39, 0.29) is 0 Å². The number of aryl methyl sites for hydroxylation is 1. The summed E-state index contributed by atoms with van der Waals surface area (Å²) in [5, 5.41) is 3.12. The van der Waals surface area contributed by atoms with E-state index in [0.29, 0.717) is 0 Å². The van der Waals surface area contributed by atoms with Crippen molar-refractivity contribution in [2.24, 2.45) is 0 Å². The first-order valence-electron chi connectivity index (χ1n) is 6.18. The molecule has 0 fully saturated rings. The zero-order chi connectivity index (χ0) is 13.0. The van der Waals surface area contributed by atoms with Crippen molar-refractivity contribution in [2.45, 2.75) is 20.0 Å². The average molecular weight is 244 g/mol. The Morgan fingerprint density at radius 3 is 2.56 bits per heavy atom. The molecule has 0 aliphatic carbocycles. The van der Waals surface area contributed by atoms with Gasteiger partial charge in [-0.3, -0.25) is 0 Å². The maximum absolute atomic E-state index is 5.47. The number of benzene rings is 1. The van der Waals surface area contributed by atoms with Crippen LogP contribution in [0.1, 0.15) is 16.9 Å². The molecule has 2 aromatic rings. The van der Waals surface area contributed by atoms with Crippen LogP contribution in [0.5, 0.6) is 0 Å². The van der Waals surface area contributed by atoms with Gasteiger partial charge in [0.2, 0.25) is 0 Å². The fraction of sp³-hybridized carbons (Fsp3) is 0.333. The highest BCUT2D eigenvalue weighted by atomic mass is 16.3. The fourth-order valence-electron chi connectivity index (χ4n) is 1.97. The summed E-state index contributed by atoms with van der Waals surface area (Å²) >= 11 is 0. The molecule has 0 spiro atoms. The standard InChI is InChI=1S/C15H20N2O/c1-12-4-6-14(7-5-12)17(3)11-13-8-9-18-15(13)10-16-2/h4-9,16H,10-11H2,1-3H3. The monoisotopic (exact) mass is 244 g/mol. The summed E-state index contributed by atoms with van der Waals surface area (Å²) in [7, 11) is 4.02. The van der Waals surface area contributed by atoms with E-state index in [0.717, 1.165) is 18.8 Å². The number of furan rings is 1. The van der Waals surface area contributed by atoms with Gasteiger partial charge < -0.3 is 14.6 Å². The highest BCUT2D eigenvalue weighted by Gasteiger charge is 2.08. The number of nitrogens with one attached hydrogen (secondary N) is 1. The van der Waals surface area contributed by atoms with Crippen LogP contribution in [0.4, 0.5) is 5.69 Å². The van der Waals surface area contributed by atoms with Crippen molar-refractivity contribution in [3.63, 3.8) is 0 Å². The third-order valence-electron chi connectivity index (χ3n) is 3.06. The van der Waals surface area contributed by atoms with Gasteiger partial charge in [0.15, 0.2) is 0 Å². The van der Waals surface area contributed by atoms with Gasteiger partial charge in [0.25, 0.3) is 0 Å². The van der Waals surface area contributed by atoms with Crippen LogP contribution in [0.15, 0.2) is 41.0 Å². The van der Waals surface area contributed by atoms with Gasteiger partial charge in [0.1, 0.15) is 5.76 Å². The van der Waals surface area contributed by atoms with Crippen molar-refractivity contribution in [1.29, 1.82) is 0 Å². The topological polar surface area (TPSA) is 28.4 Å². The molecule has 0 saturated carbocycles. The third kappa shape index (κ3) is 2.93. The molecule has 0 aliphatic heterocycles. The molecule has 18 heavy (non-hydrogen) atoms. The van der Waals surface area contributed by atoms with Crippen LogP contribution in [-0.2, 0) is 13.1 Å². The summed E-state index contributed by atoms with van der Waals surface area (Å²) in [6.45, 7) is 3.73. The van der Waals surface area contributed by atoms with Gasteiger partial charge >= 0.3 is 0 Å². The molecule has 0 atom stereocenters. The SMILES string of the molecule is CNCc1occc1CN(C)c1ccc(C)cc1. The Morgan fingerprint density at radius 1 is 1.17 bits per heavy atom. The summed E-state index contributed by atoms with van der Waals surface area (Å²) in [5.74, 6) is 1.01. The normalized spacial score (nSPS) is 10.6. The Hall–Kier alpha value is -1.74. The van der Waals surface area contributed by atoms with E-state index in [9.17, 15) is 0 Å². The average Bonchev–Trinajstić information content (AvgIpc) is 2.78. The predicted octanol–water partition coefficient (Wildman–Crippen LogP) is 2.94. The van der Waals surface area contributed by atoms with Gasteiger partial charge in [-0.05, 0) is 32.2 Å². The number of anilines is 1. The second-order valence-electron chi connectivity index (χ2n) is 4.59. The molecule has 0 saturated heterocycles. The van der Waals surface area contributed by atoms with Gasteiger partial charge in [-0.1, -0.05) is 17.7 Å². The summed E-state index contributed by atoms with van der Waals surface area (Å²) < 4.78 is 5.47. The zero-order valence-electron chi connectivity index (χ0n) is 11.2. The Morgan fingerprint density at radius 2 is 1.89 bits per heavy atom.